The maximum Gasteiger partial charge on any atom is 0.161 e. The Morgan fingerprint density at radius 3 is 2.30 bits per heavy atom. The first kappa shape index (κ1) is 25.2. The molecule has 7 heteroatoms. The average molecular weight is 517 g/mol. The van der Waals surface area contributed by atoms with Gasteiger partial charge in [0.05, 0.1) is 25.2 Å². The maximum absolute atomic E-state index is 12.9. The van der Waals surface area contributed by atoms with E-state index in [-0.39, 0.29) is 11.8 Å². The van der Waals surface area contributed by atoms with Gasteiger partial charge in [-0.15, -0.1) is 11.8 Å². The summed E-state index contributed by atoms with van der Waals surface area (Å²) in [5, 5.41) is 1.02. The molecule has 5 rings (SSSR count). The summed E-state index contributed by atoms with van der Waals surface area (Å²) in [5.41, 5.74) is 3.95. The first-order valence-corrected chi connectivity index (χ1v) is 13.6. The number of anilines is 1. The van der Waals surface area contributed by atoms with Crippen LogP contribution in [0.3, 0.4) is 0 Å². The third-order valence-corrected chi connectivity index (χ3v) is 7.83. The molecule has 4 aromatic rings. The number of piperazine rings is 1. The van der Waals surface area contributed by atoms with Gasteiger partial charge in [0.15, 0.2) is 17.3 Å². The summed E-state index contributed by atoms with van der Waals surface area (Å²) in [6.07, 6.45) is 2.05. The first-order valence-electron chi connectivity index (χ1n) is 12.4. The van der Waals surface area contributed by atoms with Crippen LogP contribution in [0.5, 0.6) is 11.5 Å². The van der Waals surface area contributed by atoms with Crippen molar-refractivity contribution in [2.45, 2.75) is 17.9 Å². The molecule has 0 amide bonds. The van der Waals surface area contributed by atoms with Crippen molar-refractivity contribution in [3.05, 3.63) is 72.3 Å². The molecule has 0 spiro atoms. The van der Waals surface area contributed by atoms with Crippen LogP contribution >= 0.6 is 11.8 Å². The minimum atomic E-state index is -0.281. The van der Waals surface area contributed by atoms with Gasteiger partial charge in [0.1, 0.15) is 11.3 Å². The van der Waals surface area contributed by atoms with Gasteiger partial charge in [-0.2, -0.15) is 0 Å². The van der Waals surface area contributed by atoms with E-state index in [1.165, 1.54) is 5.69 Å². The van der Waals surface area contributed by atoms with Crippen LogP contribution in [-0.4, -0.2) is 57.3 Å². The zero-order chi connectivity index (χ0) is 25.9. The summed E-state index contributed by atoms with van der Waals surface area (Å²) < 4.78 is 17.2. The number of hydrogen-bond donors (Lipinski definition) is 0. The highest BCUT2D eigenvalue weighted by atomic mass is 32.2. The minimum Gasteiger partial charge on any atom is -0.493 e. The first-order chi connectivity index (χ1) is 18.0. The van der Waals surface area contributed by atoms with Crippen LogP contribution in [-0.2, 0) is 4.79 Å². The number of rotatable bonds is 8. The molecule has 1 saturated heterocycles. The molecular formula is C30H32N2O4S. The molecule has 0 bridgehead atoms. The normalized spacial score (nSPS) is 15.1. The van der Waals surface area contributed by atoms with Crippen LogP contribution in [0.25, 0.3) is 22.3 Å². The van der Waals surface area contributed by atoms with Gasteiger partial charge >= 0.3 is 0 Å². The average Bonchev–Trinajstić information content (AvgIpc) is 3.31. The summed E-state index contributed by atoms with van der Waals surface area (Å²) >= 11 is 1.64. The Bertz CT molecular complexity index is 1390. The van der Waals surface area contributed by atoms with E-state index in [9.17, 15) is 4.79 Å². The van der Waals surface area contributed by atoms with Gasteiger partial charge in [0.2, 0.25) is 0 Å². The lowest BCUT2D eigenvalue weighted by atomic mass is 9.99. The Morgan fingerprint density at radius 2 is 1.65 bits per heavy atom. The molecule has 0 aliphatic carbocycles. The van der Waals surface area contributed by atoms with E-state index in [1.54, 1.807) is 32.9 Å². The van der Waals surface area contributed by atoms with Crippen molar-refractivity contribution in [2.75, 3.05) is 51.6 Å². The Hall–Kier alpha value is -3.42. The largest absolute Gasteiger partial charge is 0.493 e. The molecule has 1 fully saturated rings. The zero-order valence-corrected chi connectivity index (χ0v) is 22.5. The Morgan fingerprint density at radius 1 is 0.919 bits per heavy atom. The highest BCUT2D eigenvalue weighted by molar-refractivity contribution is 7.99. The van der Waals surface area contributed by atoms with Crippen molar-refractivity contribution in [1.82, 2.24) is 4.90 Å². The lowest BCUT2D eigenvalue weighted by molar-refractivity contribution is -0.122. The molecule has 2 heterocycles. The minimum absolute atomic E-state index is 0.154. The van der Waals surface area contributed by atoms with E-state index < -0.39 is 0 Å². The molecule has 1 aromatic heterocycles. The quantitative estimate of drug-likeness (QED) is 0.255. The lowest BCUT2D eigenvalue weighted by Gasteiger charge is -2.39. The van der Waals surface area contributed by atoms with Crippen LogP contribution in [0.15, 0.2) is 76.0 Å². The second-order valence-corrected chi connectivity index (χ2v) is 9.98. The number of methoxy groups -OCH3 is 2. The Balaban J connectivity index is 1.46. The summed E-state index contributed by atoms with van der Waals surface area (Å²) in [6.45, 7) is 5.13. The Labute approximate surface area is 222 Å². The van der Waals surface area contributed by atoms with Crippen molar-refractivity contribution < 1.29 is 18.7 Å². The number of thioether (sulfide) groups is 1. The number of ether oxygens (including phenoxy) is 2. The molecule has 1 unspecified atom stereocenters. The number of ketones is 1. The van der Waals surface area contributed by atoms with E-state index in [0.29, 0.717) is 11.5 Å². The molecule has 0 radical (unpaired) electrons. The van der Waals surface area contributed by atoms with Gasteiger partial charge in [-0.25, -0.2) is 0 Å². The molecule has 1 aliphatic rings. The molecule has 1 atom stereocenters. The standard InChI is InChI=1S/C30H32N2O4S/c1-20(33)28(32-16-14-31(15-17-32)23-8-6-5-7-9-23)21-10-12-25-24(18-21)30(37-4)29(36-25)22-11-13-26(34-2)27(19-22)35-3/h5-13,18-19,28H,14-17H2,1-4H3. The topological polar surface area (TPSA) is 55.2 Å². The van der Waals surface area contributed by atoms with Crippen LogP contribution in [0.1, 0.15) is 18.5 Å². The van der Waals surface area contributed by atoms with Crippen LogP contribution in [0, 0.1) is 0 Å². The van der Waals surface area contributed by atoms with Crippen LogP contribution in [0.2, 0.25) is 0 Å². The molecule has 6 nitrogen and oxygen atoms in total. The van der Waals surface area contributed by atoms with Crippen LogP contribution in [0.4, 0.5) is 5.69 Å². The predicted octanol–water partition coefficient (Wildman–Crippen LogP) is 6.29. The highest BCUT2D eigenvalue weighted by Crippen LogP contribution is 2.43. The second-order valence-electron chi connectivity index (χ2n) is 9.16. The molecular weight excluding hydrogens is 484 g/mol. The number of nitrogens with zero attached hydrogens (tertiary/aromatic N) is 2. The van der Waals surface area contributed by atoms with Crippen LogP contribution < -0.4 is 14.4 Å². The number of benzene rings is 3. The van der Waals surface area contributed by atoms with E-state index in [4.69, 9.17) is 13.9 Å². The molecule has 0 saturated carbocycles. The van der Waals surface area contributed by atoms with Crippen molar-refractivity contribution in [3.8, 4) is 22.8 Å². The number of hydrogen-bond acceptors (Lipinski definition) is 7. The van der Waals surface area contributed by atoms with Crippen molar-refractivity contribution >= 4 is 34.2 Å². The monoisotopic (exact) mass is 516 g/mol. The van der Waals surface area contributed by atoms with E-state index in [0.717, 1.165) is 58.9 Å². The number of para-hydroxylation sites is 1. The summed E-state index contributed by atoms with van der Waals surface area (Å²) in [6, 6.07) is 22.1. The van der Waals surface area contributed by atoms with Gasteiger partial charge in [0.25, 0.3) is 0 Å². The third-order valence-electron chi connectivity index (χ3n) is 7.02. The van der Waals surface area contributed by atoms with Gasteiger partial charge < -0.3 is 18.8 Å². The smallest absolute Gasteiger partial charge is 0.161 e. The molecule has 192 valence electrons. The number of Topliss-reactive ketones (excluding diaryl/α,β-unsaturated/α-hetero) is 1. The lowest BCUT2D eigenvalue weighted by Crippen LogP contribution is -2.49. The SMILES string of the molecule is COc1ccc(-c2oc3ccc(C(C(C)=O)N4CCN(c5ccccc5)CC4)cc3c2SC)cc1OC. The molecule has 0 N–H and O–H groups in total. The number of carbonyl (C=O) groups is 1. The van der Waals surface area contributed by atoms with E-state index in [1.807, 2.05) is 42.7 Å². The van der Waals surface area contributed by atoms with Crippen molar-refractivity contribution in [2.24, 2.45) is 0 Å². The van der Waals surface area contributed by atoms with Gasteiger partial charge in [-0.1, -0.05) is 24.3 Å². The molecule has 1 aliphatic heterocycles. The fourth-order valence-electron chi connectivity index (χ4n) is 5.21. The highest BCUT2D eigenvalue weighted by Gasteiger charge is 2.29. The third kappa shape index (κ3) is 4.93. The van der Waals surface area contributed by atoms with Crippen molar-refractivity contribution in [3.63, 3.8) is 0 Å². The summed E-state index contributed by atoms with van der Waals surface area (Å²) in [7, 11) is 3.25. The second kappa shape index (κ2) is 10.9. The van der Waals surface area contributed by atoms with Gasteiger partial charge in [0, 0.05) is 42.8 Å². The Kier molecular flexibility index (Phi) is 7.44. The number of carbonyl (C=O) groups excluding carboxylic acids is 1. The van der Waals surface area contributed by atoms with Gasteiger partial charge in [-0.05, 0) is 61.2 Å². The molecule has 3 aromatic carbocycles. The summed E-state index contributed by atoms with van der Waals surface area (Å²) in [4.78, 5) is 18.7. The fraction of sp³-hybridized carbons (Fsp3) is 0.300. The predicted molar refractivity (Wildman–Crippen MR) is 150 cm³/mol. The fourth-order valence-corrected chi connectivity index (χ4v) is 5.94. The van der Waals surface area contributed by atoms with E-state index in [2.05, 4.69) is 40.1 Å². The van der Waals surface area contributed by atoms with E-state index >= 15 is 0 Å². The molecule has 37 heavy (non-hydrogen) atoms. The van der Waals surface area contributed by atoms with Crippen molar-refractivity contribution in [1.29, 1.82) is 0 Å². The summed E-state index contributed by atoms with van der Waals surface area (Å²) in [5.74, 6) is 2.27. The van der Waals surface area contributed by atoms with Gasteiger partial charge in [-0.3, -0.25) is 9.69 Å². The zero-order valence-electron chi connectivity index (χ0n) is 21.7. The number of furan rings is 1. The maximum atomic E-state index is 12.9. The number of fused-ring (bicyclic) bond motifs is 1.